The molecular formula is C12H12N2OS2. The molecule has 17 heavy (non-hydrogen) atoms. The fourth-order valence-electron chi connectivity index (χ4n) is 1.50. The maximum absolute atomic E-state index is 12.6. The molecule has 0 bridgehead atoms. The van der Waals surface area contributed by atoms with E-state index >= 15 is 0 Å². The molecule has 2 aromatic rings. The van der Waals surface area contributed by atoms with Gasteiger partial charge in [-0.05, 0) is 47.6 Å². The monoisotopic (exact) mass is 264 g/mol. The van der Waals surface area contributed by atoms with E-state index in [2.05, 4.69) is 0 Å². The van der Waals surface area contributed by atoms with Crippen LogP contribution in [0.15, 0.2) is 58.3 Å². The lowest BCUT2D eigenvalue weighted by atomic mass is 10.3. The summed E-state index contributed by atoms with van der Waals surface area (Å²) in [6.45, 7) is 0. The zero-order valence-electron chi connectivity index (χ0n) is 9.00. The van der Waals surface area contributed by atoms with Gasteiger partial charge in [0, 0.05) is 21.2 Å². The summed E-state index contributed by atoms with van der Waals surface area (Å²) in [6, 6.07) is 13.6. The largest absolute Gasteiger partial charge is 0.399 e. The Hall–Kier alpha value is -1.59. The van der Waals surface area contributed by atoms with Gasteiger partial charge in [-0.15, -0.1) is 0 Å². The number of rotatable bonds is 2. The fraction of sp³-hybridized carbons (Fsp3) is 0. The third kappa shape index (κ3) is 2.40. The molecule has 0 radical (unpaired) electrons. The molecule has 3 nitrogen and oxygen atoms in total. The maximum atomic E-state index is 12.6. The molecule has 0 aliphatic carbocycles. The van der Waals surface area contributed by atoms with Gasteiger partial charge in [0.1, 0.15) is 0 Å². The molecule has 0 amide bonds. The second-order valence-corrected chi connectivity index (χ2v) is 7.01. The summed E-state index contributed by atoms with van der Waals surface area (Å²) >= 11 is 5.21. The van der Waals surface area contributed by atoms with Crippen LogP contribution >= 0.6 is 0 Å². The lowest BCUT2D eigenvalue weighted by Crippen LogP contribution is -2.01. The Morgan fingerprint density at radius 3 is 1.65 bits per heavy atom. The van der Waals surface area contributed by atoms with E-state index in [1.54, 1.807) is 48.5 Å². The first-order chi connectivity index (χ1) is 8.00. The number of nitrogens with two attached hydrogens (primary N) is 2. The molecular weight excluding hydrogens is 252 g/mol. The van der Waals surface area contributed by atoms with Crippen molar-refractivity contribution in [1.82, 2.24) is 0 Å². The molecule has 4 N–H and O–H groups in total. The molecule has 0 aromatic heterocycles. The zero-order valence-corrected chi connectivity index (χ0v) is 10.6. The van der Waals surface area contributed by atoms with Gasteiger partial charge in [-0.1, -0.05) is 12.1 Å². The van der Waals surface area contributed by atoms with Crippen molar-refractivity contribution in [2.45, 2.75) is 9.79 Å². The number of anilines is 2. The van der Waals surface area contributed by atoms with Gasteiger partial charge in [-0.2, -0.15) is 0 Å². The Morgan fingerprint density at radius 1 is 0.882 bits per heavy atom. The molecule has 0 aliphatic heterocycles. The van der Waals surface area contributed by atoms with Crippen molar-refractivity contribution in [2.24, 2.45) is 0 Å². The van der Waals surface area contributed by atoms with Gasteiger partial charge in [0.05, 0.1) is 8.49 Å². The molecule has 0 fully saturated rings. The van der Waals surface area contributed by atoms with E-state index in [1.807, 2.05) is 0 Å². The van der Waals surface area contributed by atoms with Crippen LogP contribution in [-0.4, -0.2) is 4.21 Å². The molecule has 2 rings (SSSR count). The second-order valence-electron chi connectivity index (χ2n) is 3.65. The van der Waals surface area contributed by atoms with Crippen molar-refractivity contribution in [3.8, 4) is 0 Å². The van der Waals surface area contributed by atoms with E-state index in [9.17, 15) is 4.21 Å². The lowest BCUT2D eigenvalue weighted by molar-refractivity contribution is 0.682. The van der Waals surface area contributed by atoms with Crippen LogP contribution in [0.1, 0.15) is 0 Å². The Bertz CT molecular complexity index is 600. The van der Waals surface area contributed by atoms with Crippen LogP contribution in [0.4, 0.5) is 11.4 Å². The highest BCUT2D eigenvalue weighted by Gasteiger charge is 2.13. The van der Waals surface area contributed by atoms with Crippen LogP contribution in [0.25, 0.3) is 0 Å². The molecule has 0 aliphatic rings. The quantitative estimate of drug-likeness (QED) is 0.814. The number of hydrogen-bond acceptors (Lipinski definition) is 4. The molecule has 0 heterocycles. The topological polar surface area (TPSA) is 69.1 Å². The van der Waals surface area contributed by atoms with Crippen molar-refractivity contribution in [1.29, 1.82) is 0 Å². The fourth-order valence-corrected chi connectivity index (χ4v) is 3.49. The average Bonchev–Trinajstić information content (AvgIpc) is 2.29. The van der Waals surface area contributed by atoms with Crippen LogP contribution in [0.3, 0.4) is 0 Å². The smallest absolute Gasteiger partial charge is 0.0872 e. The summed E-state index contributed by atoms with van der Waals surface area (Å²) in [5, 5.41) is 0. The van der Waals surface area contributed by atoms with Crippen LogP contribution < -0.4 is 11.5 Å². The highest BCUT2D eigenvalue weighted by atomic mass is 32.8. The second kappa shape index (κ2) is 4.35. The number of hydrogen-bond donors (Lipinski definition) is 2. The molecule has 0 saturated carbocycles. The van der Waals surface area contributed by atoms with E-state index in [0.29, 0.717) is 21.2 Å². The van der Waals surface area contributed by atoms with Crippen LogP contribution in [0.5, 0.6) is 0 Å². The average molecular weight is 264 g/mol. The summed E-state index contributed by atoms with van der Waals surface area (Å²) in [5.74, 6) is 0. The Balaban J connectivity index is 2.58. The Morgan fingerprint density at radius 2 is 1.29 bits per heavy atom. The highest BCUT2D eigenvalue weighted by Crippen LogP contribution is 2.24. The maximum Gasteiger partial charge on any atom is 0.0872 e. The van der Waals surface area contributed by atoms with Gasteiger partial charge in [-0.3, -0.25) is 0 Å². The molecule has 0 atom stereocenters. The number of nitrogen functional groups attached to an aromatic ring is 2. The van der Waals surface area contributed by atoms with Gasteiger partial charge in [0.25, 0.3) is 0 Å². The van der Waals surface area contributed by atoms with Crippen molar-refractivity contribution in [3.63, 3.8) is 0 Å². The number of benzene rings is 2. The Labute approximate surface area is 105 Å². The minimum absolute atomic E-state index is 0.540. The van der Waals surface area contributed by atoms with Gasteiger partial charge in [-0.25, -0.2) is 4.21 Å². The minimum atomic E-state index is -2.71. The first-order valence-electron chi connectivity index (χ1n) is 4.96. The SMILES string of the molecule is Nc1cccc(S(=O)(=S)c2cccc(N)c2)c1. The summed E-state index contributed by atoms with van der Waals surface area (Å²) < 4.78 is 12.6. The Kier molecular flexibility index (Phi) is 3.04. The van der Waals surface area contributed by atoms with Gasteiger partial charge in [0.15, 0.2) is 0 Å². The summed E-state index contributed by atoms with van der Waals surface area (Å²) in [7, 11) is -2.71. The normalized spacial score (nSPS) is 11.3. The molecule has 0 spiro atoms. The predicted octanol–water partition coefficient (Wildman–Crippen LogP) is 2.02. The first kappa shape index (κ1) is 11.9. The zero-order chi connectivity index (χ0) is 12.5. The van der Waals surface area contributed by atoms with Gasteiger partial charge in [0.2, 0.25) is 0 Å². The van der Waals surface area contributed by atoms with Gasteiger partial charge < -0.3 is 11.5 Å². The van der Waals surface area contributed by atoms with E-state index in [-0.39, 0.29) is 0 Å². The lowest BCUT2D eigenvalue weighted by Gasteiger charge is -2.08. The van der Waals surface area contributed by atoms with Crippen LogP contribution in [-0.2, 0) is 19.7 Å². The van der Waals surface area contributed by atoms with E-state index in [1.165, 1.54) is 0 Å². The summed E-state index contributed by atoms with van der Waals surface area (Å²) in [6.07, 6.45) is 0. The minimum Gasteiger partial charge on any atom is -0.399 e. The predicted molar refractivity (Wildman–Crippen MR) is 73.7 cm³/mol. The van der Waals surface area contributed by atoms with E-state index in [0.717, 1.165) is 0 Å². The first-order valence-corrected chi connectivity index (χ1v) is 7.44. The molecule has 88 valence electrons. The van der Waals surface area contributed by atoms with Crippen LogP contribution in [0, 0.1) is 0 Å². The highest BCUT2D eigenvalue weighted by molar-refractivity contribution is 8.33. The van der Waals surface area contributed by atoms with Crippen molar-refractivity contribution in [3.05, 3.63) is 48.5 Å². The molecule has 0 saturated heterocycles. The molecule has 2 aromatic carbocycles. The van der Waals surface area contributed by atoms with Gasteiger partial charge >= 0.3 is 0 Å². The summed E-state index contributed by atoms with van der Waals surface area (Å²) in [5.41, 5.74) is 12.4. The standard InChI is InChI=1S/C12H12N2OS2/c13-9-3-1-5-11(7-9)17(15,16)12-6-2-4-10(14)8-12/h1-8H,13-14H2. The van der Waals surface area contributed by atoms with Crippen molar-refractivity contribution in [2.75, 3.05) is 11.5 Å². The summed E-state index contributed by atoms with van der Waals surface area (Å²) in [4.78, 5) is 1.08. The van der Waals surface area contributed by atoms with Crippen molar-refractivity contribution < 1.29 is 4.21 Å². The third-order valence-electron chi connectivity index (χ3n) is 2.34. The third-order valence-corrected chi connectivity index (χ3v) is 5.24. The molecule has 0 unspecified atom stereocenters. The van der Waals surface area contributed by atoms with E-state index in [4.69, 9.17) is 22.7 Å². The van der Waals surface area contributed by atoms with E-state index < -0.39 is 8.49 Å². The van der Waals surface area contributed by atoms with Crippen LogP contribution in [0.2, 0.25) is 0 Å². The molecule has 5 heteroatoms. The van der Waals surface area contributed by atoms with Crippen molar-refractivity contribution >= 4 is 31.1 Å².